The second-order valence-electron chi connectivity index (χ2n) is 7.03. The van der Waals surface area contributed by atoms with Gasteiger partial charge in [-0.05, 0) is 41.0 Å². The van der Waals surface area contributed by atoms with E-state index >= 15 is 0 Å². The fourth-order valence-corrected chi connectivity index (χ4v) is 4.90. The van der Waals surface area contributed by atoms with Gasteiger partial charge in [0.15, 0.2) is 0 Å². The highest BCUT2D eigenvalue weighted by molar-refractivity contribution is 7.16. The standard InChI is InChI=1S/C22H20ClF3N2S/c23-20-10-9-19(29-20)21(28-13-11-27-12-14-28)17-3-1-15(2-4-17)16-5-7-18(8-6-16)22(24,25)26/h1-10,21,27H,11-14H2/t21-/m1/s1. The van der Waals surface area contributed by atoms with Crippen LogP contribution in [-0.2, 0) is 6.18 Å². The van der Waals surface area contributed by atoms with Gasteiger partial charge in [-0.1, -0.05) is 48.0 Å². The van der Waals surface area contributed by atoms with Crippen LogP contribution in [0.1, 0.15) is 22.0 Å². The van der Waals surface area contributed by atoms with E-state index in [1.54, 1.807) is 11.3 Å². The topological polar surface area (TPSA) is 15.3 Å². The average Bonchev–Trinajstić information content (AvgIpc) is 3.15. The van der Waals surface area contributed by atoms with E-state index in [2.05, 4.69) is 28.4 Å². The molecule has 0 aliphatic carbocycles. The molecule has 7 heteroatoms. The van der Waals surface area contributed by atoms with Crippen LogP contribution in [0.25, 0.3) is 11.1 Å². The van der Waals surface area contributed by atoms with Crippen LogP contribution in [-0.4, -0.2) is 31.1 Å². The van der Waals surface area contributed by atoms with E-state index in [1.165, 1.54) is 17.0 Å². The molecule has 0 spiro atoms. The van der Waals surface area contributed by atoms with E-state index in [4.69, 9.17) is 11.6 Å². The first-order valence-corrected chi connectivity index (χ1v) is 10.6. The minimum Gasteiger partial charge on any atom is -0.314 e. The minimum atomic E-state index is -4.32. The van der Waals surface area contributed by atoms with Crippen LogP contribution in [0.5, 0.6) is 0 Å². The summed E-state index contributed by atoms with van der Waals surface area (Å²) in [5, 5.41) is 3.38. The SMILES string of the molecule is FC(F)(F)c1ccc(-c2ccc([C@H](c3ccc(Cl)s3)N3CCNCC3)cc2)cc1. The van der Waals surface area contributed by atoms with Gasteiger partial charge in [-0.25, -0.2) is 0 Å². The summed E-state index contributed by atoms with van der Waals surface area (Å²) < 4.78 is 39.1. The van der Waals surface area contributed by atoms with E-state index in [-0.39, 0.29) is 6.04 Å². The first kappa shape index (κ1) is 20.4. The summed E-state index contributed by atoms with van der Waals surface area (Å²) in [6, 6.07) is 17.5. The van der Waals surface area contributed by atoms with Gasteiger partial charge >= 0.3 is 6.18 Å². The molecule has 2 heterocycles. The van der Waals surface area contributed by atoms with Crippen molar-refractivity contribution in [2.75, 3.05) is 26.2 Å². The van der Waals surface area contributed by atoms with Crippen molar-refractivity contribution in [2.24, 2.45) is 0 Å². The van der Waals surface area contributed by atoms with Crippen LogP contribution < -0.4 is 5.32 Å². The third-order valence-corrected chi connectivity index (χ3v) is 6.44. The number of alkyl halides is 3. The molecular weight excluding hydrogens is 417 g/mol. The predicted octanol–water partition coefficient (Wildman–Crippen LogP) is 6.08. The van der Waals surface area contributed by atoms with E-state index in [9.17, 15) is 13.2 Å². The molecule has 0 bridgehead atoms. The maximum Gasteiger partial charge on any atom is 0.416 e. The Morgan fingerprint density at radius 3 is 1.97 bits per heavy atom. The zero-order valence-corrected chi connectivity index (χ0v) is 17.1. The fraction of sp³-hybridized carbons (Fsp3) is 0.273. The van der Waals surface area contributed by atoms with Gasteiger partial charge in [0.05, 0.1) is 15.9 Å². The third kappa shape index (κ3) is 4.67. The summed E-state index contributed by atoms with van der Waals surface area (Å²) in [5.41, 5.74) is 2.18. The average molecular weight is 437 g/mol. The monoisotopic (exact) mass is 436 g/mol. The lowest BCUT2D eigenvalue weighted by Gasteiger charge is -2.34. The lowest BCUT2D eigenvalue weighted by atomic mass is 9.98. The Morgan fingerprint density at radius 2 is 1.45 bits per heavy atom. The highest BCUT2D eigenvalue weighted by Crippen LogP contribution is 2.36. The van der Waals surface area contributed by atoms with Crippen LogP contribution in [0, 0.1) is 0 Å². The van der Waals surface area contributed by atoms with Crippen molar-refractivity contribution < 1.29 is 13.2 Å². The zero-order valence-electron chi connectivity index (χ0n) is 15.5. The molecule has 29 heavy (non-hydrogen) atoms. The molecule has 152 valence electrons. The maximum atomic E-state index is 12.8. The quantitative estimate of drug-likeness (QED) is 0.533. The van der Waals surface area contributed by atoms with E-state index in [1.807, 2.05) is 18.2 Å². The summed E-state index contributed by atoms with van der Waals surface area (Å²) in [7, 11) is 0. The molecule has 0 saturated carbocycles. The smallest absolute Gasteiger partial charge is 0.314 e. The summed E-state index contributed by atoms with van der Waals surface area (Å²) in [6.07, 6.45) is -4.32. The minimum absolute atomic E-state index is 0.122. The number of thiophene rings is 1. The molecule has 1 saturated heterocycles. The second-order valence-corrected chi connectivity index (χ2v) is 8.77. The molecule has 1 N–H and O–H groups in total. The zero-order chi connectivity index (χ0) is 20.4. The molecule has 2 aromatic carbocycles. The number of nitrogens with zero attached hydrogens (tertiary/aromatic N) is 1. The van der Waals surface area contributed by atoms with Crippen molar-refractivity contribution >= 4 is 22.9 Å². The Balaban J connectivity index is 1.61. The van der Waals surface area contributed by atoms with E-state index < -0.39 is 11.7 Å². The van der Waals surface area contributed by atoms with Gasteiger partial charge < -0.3 is 5.32 Å². The van der Waals surface area contributed by atoms with Gasteiger partial charge in [0.2, 0.25) is 0 Å². The third-order valence-electron chi connectivity index (χ3n) is 5.15. The van der Waals surface area contributed by atoms with Gasteiger partial charge in [0.25, 0.3) is 0 Å². The van der Waals surface area contributed by atoms with Crippen LogP contribution in [0.15, 0.2) is 60.7 Å². The summed E-state index contributed by atoms with van der Waals surface area (Å²) >= 11 is 7.77. The Labute approximate surface area is 176 Å². The van der Waals surface area contributed by atoms with Gasteiger partial charge in [0.1, 0.15) is 0 Å². The van der Waals surface area contributed by atoms with Crippen molar-refractivity contribution in [3.05, 3.63) is 81.0 Å². The number of halogens is 4. The molecule has 1 atom stereocenters. The van der Waals surface area contributed by atoms with Gasteiger partial charge in [-0.2, -0.15) is 13.2 Å². The molecule has 0 amide bonds. The lowest BCUT2D eigenvalue weighted by Crippen LogP contribution is -2.45. The molecule has 0 unspecified atom stereocenters. The van der Waals surface area contributed by atoms with Crippen molar-refractivity contribution in [1.29, 1.82) is 0 Å². The second kappa shape index (κ2) is 8.48. The first-order valence-electron chi connectivity index (χ1n) is 9.39. The number of rotatable bonds is 4. The lowest BCUT2D eigenvalue weighted by molar-refractivity contribution is -0.137. The van der Waals surface area contributed by atoms with E-state index in [0.29, 0.717) is 0 Å². The van der Waals surface area contributed by atoms with Crippen molar-refractivity contribution in [3.63, 3.8) is 0 Å². The molecule has 1 aliphatic rings. The van der Waals surface area contributed by atoms with Crippen LogP contribution in [0.4, 0.5) is 13.2 Å². The summed E-state index contributed by atoms with van der Waals surface area (Å²) in [5.74, 6) is 0. The van der Waals surface area contributed by atoms with Crippen LogP contribution in [0.2, 0.25) is 4.34 Å². The maximum absolute atomic E-state index is 12.8. The fourth-order valence-electron chi connectivity index (χ4n) is 3.68. The Hall–Kier alpha value is -1.86. The van der Waals surface area contributed by atoms with Crippen molar-refractivity contribution in [1.82, 2.24) is 10.2 Å². The highest BCUT2D eigenvalue weighted by Gasteiger charge is 2.30. The van der Waals surface area contributed by atoms with Gasteiger partial charge in [-0.15, -0.1) is 11.3 Å². The summed E-state index contributed by atoms with van der Waals surface area (Å²) in [6.45, 7) is 3.78. The number of nitrogens with one attached hydrogen (secondary N) is 1. The normalized spacial score (nSPS) is 16.7. The van der Waals surface area contributed by atoms with Gasteiger partial charge in [-0.3, -0.25) is 4.90 Å². The number of hydrogen-bond acceptors (Lipinski definition) is 3. The molecular formula is C22H20ClF3N2S. The Kier molecular flexibility index (Phi) is 5.97. The predicted molar refractivity (Wildman–Crippen MR) is 112 cm³/mol. The molecule has 1 aliphatic heterocycles. The van der Waals surface area contributed by atoms with Crippen molar-refractivity contribution in [2.45, 2.75) is 12.2 Å². The largest absolute Gasteiger partial charge is 0.416 e. The number of hydrogen-bond donors (Lipinski definition) is 1. The van der Waals surface area contributed by atoms with E-state index in [0.717, 1.165) is 59.3 Å². The van der Waals surface area contributed by atoms with Crippen LogP contribution >= 0.6 is 22.9 Å². The number of piperazine rings is 1. The molecule has 0 radical (unpaired) electrons. The molecule has 3 aromatic rings. The molecule has 2 nitrogen and oxygen atoms in total. The summed E-state index contributed by atoms with van der Waals surface area (Å²) in [4.78, 5) is 3.63. The molecule has 1 fully saturated rings. The molecule has 1 aromatic heterocycles. The van der Waals surface area contributed by atoms with Crippen LogP contribution in [0.3, 0.4) is 0 Å². The first-order chi connectivity index (χ1) is 13.9. The number of benzene rings is 2. The Morgan fingerprint density at radius 1 is 0.862 bits per heavy atom. The van der Waals surface area contributed by atoms with Gasteiger partial charge in [0, 0.05) is 31.1 Å². The Bertz CT molecular complexity index is 945. The van der Waals surface area contributed by atoms with Crippen molar-refractivity contribution in [3.8, 4) is 11.1 Å². The molecule has 4 rings (SSSR count). The highest BCUT2D eigenvalue weighted by atomic mass is 35.5.